The summed E-state index contributed by atoms with van der Waals surface area (Å²) in [5.74, 6) is -2.01. The van der Waals surface area contributed by atoms with E-state index in [0.717, 1.165) is 25.7 Å². The highest BCUT2D eigenvalue weighted by Gasteiger charge is 2.73. The van der Waals surface area contributed by atoms with Gasteiger partial charge in [0.2, 0.25) is 0 Å². The van der Waals surface area contributed by atoms with E-state index >= 15 is 0 Å². The first kappa shape index (κ1) is 61.1. The molecule has 8 aliphatic carbocycles. The summed E-state index contributed by atoms with van der Waals surface area (Å²) in [6.07, 6.45) is 6.01. The molecule has 8 aliphatic rings. The van der Waals surface area contributed by atoms with Crippen molar-refractivity contribution in [3.63, 3.8) is 0 Å². The van der Waals surface area contributed by atoms with Crippen LogP contribution in [-0.2, 0) is 48.8 Å². The summed E-state index contributed by atoms with van der Waals surface area (Å²) >= 11 is 0. The fourth-order valence-electron chi connectivity index (χ4n) is 16.5. The van der Waals surface area contributed by atoms with E-state index in [0.29, 0.717) is 116 Å². The Morgan fingerprint density at radius 2 is 0.944 bits per heavy atom. The average molecular weight is 1080 g/mol. The molecule has 0 heterocycles. The number of esters is 2. The van der Waals surface area contributed by atoms with Crippen LogP contribution in [0, 0.1) is 39.4 Å². The lowest BCUT2D eigenvalue weighted by Gasteiger charge is -2.72. The SMILES string of the molecule is CCC(O)(CC)C12CC3CC(C1)C(OCC(=O)OC(C)C(F)(F)S(=O)(=O)[O-])C(C(O)(CC)CC)(C3)C2.CCC(O)(CC)C12CC3CC(OCC(=O)OC(C)C(F)(F)S(=O)(=O)[O-])(C1)CC(C(O)(CC)CC)(C3)C2. The van der Waals surface area contributed by atoms with Crippen molar-refractivity contribution in [1.82, 2.24) is 0 Å². The maximum absolute atomic E-state index is 13.8. The van der Waals surface area contributed by atoms with Gasteiger partial charge in [-0.3, -0.25) is 0 Å². The Morgan fingerprint density at radius 3 is 1.35 bits per heavy atom. The molecule has 0 saturated heterocycles. The minimum Gasteiger partial charge on any atom is -0.743 e. The Balaban J connectivity index is 0.000000267. The van der Waals surface area contributed by atoms with Crippen molar-refractivity contribution in [3.8, 4) is 0 Å². The molecular formula is C50H82F4O16S2-2. The van der Waals surface area contributed by atoms with Crippen LogP contribution in [0.4, 0.5) is 17.6 Å². The number of aliphatic hydroxyl groups is 4. The highest BCUT2D eigenvalue weighted by atomic mass is 32.2. The molecule has 16 nitrogen and oxygen atoms in total. The van der Waals surface area contributed by atoms with Crippen LogP contribution in [0.5, 0.6) is 0 Å². The van der Waals surface area contributed by atoms with Crippen LogP contribution in [0.3, 0.4) is 0 Å². The van der Waals surface area contributed by atoms with Gasteiger partial charge in [-0.25, -0.2) is 26.4 Å². The Kier molecular flexibility index (Phi) is 17.4. The Bertz CT molecular complexity index is 2140. The van der Waals surface area contributed by atoms with Gasteiger partial charge in [0.1, 0.15) is 13.2 Å². The zero-order valence-corrected chi connectivity index (χ0v) is 45.5. The lowest BCUT2D eigenvalue weighted by molar-refractivity contribution is -0.304. The zero-order chi connectivity index (χ0) is 54.8. The van der Waals surface area contributed by atoms with Crippen molar-refractivity contribution in [2.45, 2.75) is 248 Å². The molecule has 8 bridgehead atoms. The molecule has 0 aliphatic heterocycles. The number of halogens is 4. The normalized spacial score (nSPS) is 33.6. The molecule has 0 aromatic rings. The zero-order valence-electron chi connectivity index (χ0n) is 43.8. The molecule has 0 spiro atoms. The van der Waals surface area contributed by atoms with Gasteiger partial charge < -0.3 is 48.5 Å². The average Bonchev–Trinajstić information content (AvgIpc) is 3.30. The number of hydrogen-bond donors (Lipinski definition) is 4. The van der Waals surface area contributed by atoms with E-state index in [4.69, 9.17) is 9.47 Å². The minimum atomic E-state index is -6.02. The second kappa shape index (κ2) is 20.6. The first-order valence-electron chi connectivity index (χ1n) is 26.1. The molecule has 72 heavy (non-hydrogen) atoms. The quantitative estimate of drug-likeness (QED) is 0.0411. The summed E-state index contributed by atoms with van der Waals surface area (Å²) in [5.41, 5.74) is -7.07. The molecule has 8 fully saturated rings. The largest absolute Gasteiger partial charge is 0.743 e. The summed E-state index contributed by atoms with van der Waals surface area (Å²) < 4.78 is 142. The molecule has 4 N–H and O–H groups in total. The van der Waals surface area contributed by atoms with Crippen LogP contribution in [0.15, 0.2) is 0 Å². The standard InChI is InChI=1S/2C25H42F2O8S/c1-6-23(29,7-2)20-10-18-11-21(14-20,24(30,8-3)9-4)16-22(12-18,15-20)34-13-19(28)35-17(5)25(26,27)36(31,32)33;1-6-23(29,7-2)21-11-17-10-18(13-21)20(22(12-17,15-21)24(30,8-3)9-4)34-14-19(28)35-16(5)25(26,27)36(31,32)33/h17-18,29-30H,6-16H2,1-5H3,(H,31,32,33);16-18,20,29-30H,6-15H2,1-5H3,(H,31,32,33)/p-2. The Hall–Kier alpha value is -1.76. The summed E-state index contributed by atoms with van der Waals surface area (Å²) in [6, 6.07) is 0. The van der Waals surface area contributed by atoms with Crippen molar-refractivity contribution in [2.24, 2.45) is 39.4 Å². The molecule has 0 aromatic carbocycles. The van der Waals surface area contributed by atoms with Gasteiger partial charge in [0.25, 0.3) is 0 Å². The van der Waals surface area contributed by atoms with Crippen molar-refractivity contribution in [3.05, 3.63) is 0 Å². The van der Waals surface area contributed by atoms with E-state index in [2.05, 4.69) is 9.47 Å². The molecule has 22 heteroatoms. The maximum Gasteiger partial charge on any atom is 0.370 e. The topological polar surface area (TPSA) is 266 Å². The Morgan fingerprint density at radius 1 is 0.556 bits per heavy atom. The van der Waals surface area contributed by atoms with E-state index in [-0.39, 0.29) is 17.3 Å². The number of hydrogen-bond acceptors (Lipinski definition) is 16. The molecule has 8 rings (SSSR count). The minimum absolute atomic E-state index is 0.0471. The van der Waals surface area contributed by atoms with Crippen LogP contribution in [0.25, 0.3) is 0 Å². The molecule has 8 saturated carbocycles. The molecule has 0 amide bonds. The van der Waals surface area contributed by atoms with Crippen molar-refractivity contribution < 1.29 is 92.5 Å². The summed E-state index contributed by atoms with van der Waals surface area (Å²) in [6.45, 7) is 15.4. The van der Waals surface area contributed by atoms with Gasteiger partial charge in [0, 0.05) is 21.7 Å². The van der Waals surface area contributed by atoms with Crippen molar-refractivity contribution >= 4 is 32.2 Å². The van der Waals surface area contributed by atoms with Gasteiger partial charge in [0.05, 0.1) is 34.1 Å². The second-order valence-electron chi connectivity index (χ2n) is 23.1. The van der Waals surface area contributed by atoms with E-state index in [1.54, 1.807) is 0 Å². The summed E-state index contributed by atoms with van der Waals surface area (Å²) in [4.78, 5) is 24.8. The highest BCUT2D eigenvalue weighted by molar-refractivity contribution is 7.87. The molecule has 420 valence electrons. The first-order chi connectivity index (χ1) is 32.9. The second-order valence-corrected chi connectivity index (χ2v) is 26.0. The fraction of sp³-hybridized carbons (Fsp3) is 0.960. The van der Waals surface area contributed by atoms with E-state index in [1.807, 2.05) is 55.4 Å². The van der Waals surface area contributed by atoms with E-state index in [1.165, 1.54) is 0 Å². The summed E-state index contributed by atoms with van der Waals surface area (Å²) in [5, 5.41) is 37.7. The van der Waals surface area contributed by atoms with Gasteiger partial charge in [-0.15, -0.1) is 0 Å². The first-order valence-corrected chi connectivity index (χ1v) is 28.9. The Labute approximate surface area is 423 Å². The monoisotopic (exact) mass is 1080 g/mol. The van der Waals surface area contributed by atoms with Gasteiger partial charge in [-0.2, -0.15) is 17.6 Å². The number of rotatable bonds is 24. The third kappa shape index (κ3) is 10.0. The number of alkyl halides is 4. The lowest BCUT2D eigenvalue weighted by atomic mass is 9.36. The lowest BCUT2D eigenvalue weighted by Crippen LogP contribution is -2.72. The van der Waals surface area contributed by atoms with Gasteiger partial charge in [-0.05, 0) is 154 Å². The van der Waals surface area contributed by atoms with E-state index in [9.17, 15) is 73.5 Å². The van der Waals surface area contributed by atoms with Crippen LogP contribution in [0.2, 0.25) is 0 Å². The van der Waals surface area contributed by atoms with Crippen molar-refractivity contribution in [1.29, 1.82) is 0 Å². The number of carbonyl (C=O) groups excluding carboxylic acids is 2. The van der Waals surface area contributed by atoms with Gasteiger partial charge in [0.15, 0.2) is 32.4 Å². The van der Waals surface area contributed by atoms with Crippen LogP contribution < -0.4 is 0 Å². The maximum atomic E-state index is 13.8. The highest BCUT2D eigenvalue weighted by Crippen LogP contribution is 2.75. The third-order valence-corrected chi connectivity index (χ3v) is 21.9. The molecule has 0 aromatic heterocycles. The van der Waals surface area contributed by atoms with Crippen LogP contribution in [-0.4, -0.2) is 128 Å². The molecule has 9 unspecified atom stereocenters. The van der Waals surface area contributed by atoms with Gasteiger partial charge in [-0.1, -0.05) is 55.4 Å². The molecule has 9 atom stereocenters. The fourth-order valence-corrected chi connectivity index (χ4v) is 17.4. The summed E-state index contributed by atoms with van der Waals surface area (Å²) in [7, 11) is -12.0. The number of carbonyl (C=O) groups is 2. The predicted octanol–water partition coefficient (Wildman–Crippen LogP) is 7.62. The van der Waals surface area contributed by atoms with E-state index < -0.39 is 118 Å². The van der Waals surface area contributed by atoms with Crippen LogP contribution >= 0.6 is 0 Å². The number of ether oxygens (including phenoxy) is 4. The van der Waals surface area contributed by atoms with Crippen LogP contribution in [0.1, 0.15) is 191 Å². The smallest absolute Gasteiger partial charge is 0.370 e. The molecule has 0 radical (unpaired) electrons. The third-order valence-electron chi connectivity index (χ3n) is 19.9. The van der Waals surface area contributed by atoms with Gasteiger partial charge >= 0.3 is 22.4 Å². The van der Waals surface area contributed by atoms with Crippen molar-refractivity contribution in [2.75, 3.05) is 13.2 Å². The molecular weight excluding hydrogens is 997 g/mol. The predicted molar refractivity (Wildman–Crippen MR) is 252 cm³/mol.